The summed E-state index contributed by atoms with van der Waals surface area (Å²) in [6.45, 7) is 15.2. The molecule has 5 rings (SSSR count). The lowest BCUT2D eigenvalue weighted by molar-refractivity contribution is -0.230. The molecule has 0 heterocycles. The van der Waals surface area contributed by atoms with Crippen LogP contribution < -0.4 is 0 Å². The second kappa shape index (κ2) is 5.67. The minimum Gasteiger partial charge on any atom is -0.299 e. The smallest absolute Gasteiger partial charge is 0.138 e. The number of carbonyl (C=O) groups is 1. The average Bonchev–Trinajstić information content (AvgIpc) is 3.01. The number of rotatable bonds is 0. The molecule has 0 aromatic heterocycles. The van der Waals surface area contributed by atoms with Gasteiger partial charge in [0.25, 0.3) is 0 Å². The Hall–Kier alpha value is -0.330. The van der Waals surface area contributed by atoms with Crippen LogP contribution in [0, 0.1) is 50.7 Å². The summed E-state index contributed by atoms with van der Waals surface area (Å²) in [5, 5.41) is 0. The molecule has 0 aromatic rings. The number of Topliss-reactive ketones (excluding diaryl/α,β-unsaturated/α-hetero) is 1. The number of ketones is 1. The summed E-state index contributed by atoms with van der Waals surface area (Å²) in [5.74, 6) is 3.89. The Labute approximate surface area is 173 Å². The van der Waals surface area contributed by atoms with Crippen LogP contribution in [-0.4, -0.2) is 5.78 Å². The molecule has 0 aliphatic heterocycles. The van der Waals surface area contributed by atoms with Crippen LogP contribution in [0.25, 0.3) is 0 Å². The SMILES string of the molecule is CC12CCCC1C1CCC3C4(C)CCC(=O)C(C)(C)C4CCC3(C)[C@]1(C)CC2. The standard InChI is InChI=1S/C27H44O/c1-23(2)20-11-15-27(6)21(25(20,4)14-12-22(23)28)10-9-19-18-8-7-13-24(18,3)16-17-26(19,27)5/h18-21H,7-17H2,1-6H3/t18?,19?,20?,21?,24?,25?,26-,27?/m1/s1. The van der Waals surface area contributed by atoms with E-state index in [4.69, 9.17) is 0 Å². The minimum atomic E-state index is -0.108. The number of hydrogen-bond donors (Lipinski definition) is 0. The molecule has 1 nitrogen and oxygen atoms in total. The molecule has 7 unspecified atom stereocenters. The number of carbonyl (C=O) groups excluding carboxylic acids is 1. The van der Waals surface area contributed by atoms with E-state index in [1.165, 1.54) is 57.8 Å². The first-order valence-corrected chi connectivity index (χ1v) is 12.5. The van der Waals surface area contributed by atoms with Gasteiger partial charge in [-0.2, -0.15) is 0 Å². The molecule has 28 heavy (non-hydrogen) atoms. The highest BCUT2D eigenvalue weighted by Gasteiger charge is 2.69. The average molecular weight is 385 g/mol. The maximum Gasteiger partial charge on any atom is 0.138 e. The summed E-state index contributed by atoms with van der Waals surface area (Å²) in [7, 11) is 0. The first-order chi connectivity index (χ1) is 13.0. The van der Waals surface area contributed by atoms with E-state index in [9.17, 15) is 4.79 Å². The van der Waals surface area contributed by atoms with Gasteiger partial charge in [-0.25, -0.2) is 0 Å². The molecular weight excluding hydrogens is 340 g/mol. The van der Waals surface area contributed by atoms with Gasteiger partial charge in [0.15, 0.2) is 0 Å². The van der Waals surface area contributed by atoms with Gasteiger partial charge < -0.3 is 0 Å². The van der Waals surface area contributed by atoms with Gasteiger partial charge in [0.05, 0.1) is 0 Å². The van der Waals surface area contributed by atoms with E-state index in [-0.39, 0.29) is 5.41 Å². The third-order valence-corrected chi connectivity index (χ3v) is 12.5. The predicted octanol–water partition coefficient (Wildman–Crippen LogP) is 7.43. The summed E-state index contributed by atoms with van der Waals surface area (Å²) in [4.78, 5) is 12.8. The molecule has 5 fully saturated rings. The Balaban J connectivity index is 1.54. The van der Waals surface area contributed by atoms with E-state index < -0.39 is 0 Å². The third-order valence-electron chi connectivity index (χ3n) is 12.5. The van der Waals surface area contributed by atoms with E-state index in [0.29, 0.717) is 33.4 Å². The van der Waals surface area contributed by atoms with E-state index in [2.05, 4.69) is 41.5 Å². The molecule has 0 spiro atoms. The maximum absolute atomic E-state index is 12.8. The molecule has 0 amide bonds. The fourth-order valence-electron chi connectivity index (χ4n) is 10.7. The maximum atomic E-state index is 12.8. The van der Waals surface area contributed by atoms with Crippen molar-refractivity contribution in [3.63, 3.8) is 0 Å². The van der Waals surface area contributed by atoms with Crippen molar-refractivity contribution in [2.45, 2.75) is 112 Å². The third kappa shape index (κ3) is 2.13. The Morgan fingerprint density at radius 2 is 1.43 bits per heavy atom. The molecule has 5 aliphatic rings. The van der Waals surface area contributed by atoms with Gasteiger partial charge in [-0.3, -0.25) is 4.79 Å². The largest absolute Gasteiger partial charge is 0.299 e. The van der Waals surface area contributed by atoms with Crippen molar-refractivity contribution in [3.05, 3.63) is 0 Å². The van der Waals surface area contributed by atoms with Crippen molar-refractivity contribution in [1.82, 2.24) is 0 Å². The highest BCUT2D eigenvalue weighted by Crippen LogP contribution is 2.76. The van der Waals surface area contributed by atoms with Crippen molar-refractivity contribution >= 4 is 5.78 Å². The molecule has 1 heteroatoms. The van der Waals surface area contributed by atoms with Crippen molar-refractivity contribution in [1.29, 1.82) is 0 Å². The number of hydrogen-bond acceptors (Lipinski definition) is 1. The zero-order valence-electron chi connectivity index (χ0n) is 19.5. The van der Waals surface area contributed by atoms with Gasteiger partial charge in [0.1, 0.15) is 5.78 Å². The molecule has 0 N–H and O–H groups in total. The Bertz CT molecular complexity index is 692. The van der Waals surface area contributed by atoms with Crippen LogP contribution in [0.4, 0.5) is 0 Å². The molecule has 0 bridgehead atoms. The van der Waals surface area contributed by atoms with Crippen molar-refractivity contribution in [2.24, 2.45) is 50.7 Å². The lowest BCUT2D eigenvalue weighted by Crippen LogP contribution is -2.65. The Morgan fingerprint density at radius 3 is 2.18 bits per heavy atom. The second-order valence-electron chi connectivity index (χ2n) is 13.5. The van der Waals surface area contributed by atoms with Gasteiger partial charge in [-0.05, 0) is 103 Å². The summed E-state index contributed by atoms with van der Waals surface area (Å²) in [6.07, 6.45) is 14.9. The summed E-state index contributed by atoms with van der Waals surface area (Å²) in [6, 6.07) is 0. The van der Waals surface area contributed by atoms with Gasteiger partial charge in [0.2, 0.25) is 0 Å². The van der Waals surface area contributed by atoms with Gasteiger partial charge in [-0.15, -0.1) is 0 Å². The Morgan fingerprint density at radius 1 is 0.679 bits per heavy atom. The van der Waals surface area contributed by atoms with Crippen LogP contribution in [0.5, 0.6) is 0 Å². The molecule has 0 aromatic carbocycles. The van der Waals surface area contributed by atoms with Crippen LogP contribution >= 0.6 is 0 Å². The molecule has 5 saturated carbocycles. The Kier molecular flexibility index (Phi) is 3.97. The van der Waals surface area contributed by atoms with Crippen molar-refractivity contribution in [3.8, 4) is 0 Å². The molecule has 0 radical (unpaired) electrons. The lowest BCUT2D eigenvalue weighted by atomic mass is 9.32. The van der Waals surface area contributed by atoms with E-state index in [1.54, 1.807) is 0 Å². The van der Waals surface area contributed by atoms with E-state index >= 15 is 0 Å². The van der Waals surface area contributed by atoms with Crippen LogP contribution in [-0.2, 0) is 4.79 Å². The molecular formula is C27H44O. The zero-order valence-corrected chi connectivity index (χ0v) is 19.5. The molecule has 8 atom stereocenters. The van der Waals surface area contributed by atoms with Crippen LogP contribution in [0.1, 0.15) is 112 Å². The van der Waals surface area contributed by atoms with Gasteiger partial charge in [0, 0.05) is 11.8 Å². The predicted molar refractivity (Wildman–Crippen MR) is 116 cm³/mol. The summed E-state index contributed by atoms with van der Waals surface area (Å²) < 4.78 is 0. The lowest BCUT2D eigenvalue weighted by Gasteiger charge is -2.72. The first kappa shape index (κ1) is 19.6. The highest BCUT2D eigenvalue weighted by molar-refractivity contribution is 5.85. The number of fused-ring (bicyclic) bond motifs is 7. The molecule has 0 saturated heterocycles. The molecule has 5 aliphatic carbocycles. The normalized spacial score (nSPS) is 57.7. The van der Waals surface area contributed by atoms with Crippen molar-refractivity contribution in [2.75, 3.05) is 0 Å². The highest BCUT2D eigenvalue weighted by atomic mass is 16.1. The quantitative estimate of drug-likeness (QED) is 0.424. The van der Waals surface area contributed by atoms with Crippen molar-refractivity contribution < 1.29 is 4.79 Å². The monoisotopic (exact) mass is 384 g/mol. The first-order valence-electron chi connectivity index (χ1n) is 12.5. The fraction of sp³-hybridized carbons (Fsp3) is 0.963. The zero-order chi connectivity index (χ0) is 20.2. The van der Waals surface area contributed by atoms with Crippen LogP contribution in [0.15, 0.2) is 0 Å². The van der Waals surface area contributed by atoms with Crippen LogP contribution in [0.2, 0.25) is 0 Å². The minimum absolute atomic E-state index is 0.108. The summed E-state index contributed by atoms with van der Waals surface area (Å²) in [5.41, 5.74) is 1.90. The topological polar surface area (TPSA) is 17.1 Å². The summed E-state index contributed by atoms with van der Waals surface area (Å²) >= 11 is 0. The van der Waals surface area contributed by atoms with E-state index in [1.807, 2.05) is 0 Å². The van der Waals surface area contributed by atoms with Gasteiger partial charge >= 0.3 is 0 Å². The van der Waals surface area contributed by atoms with Gasteiger partial charge in [-0.1, -0.05) is 48.0 Å². The molecule has 158 valence electrons. The fourth-order valence-corrected chi connectivity index (χ4v) is 10.7. The van der Waals surface area contributed by atoms with E-state index in [0.717, 1.165) is 30.6 Å². The van der Waals surface area contributed by atoms with Crippen LogP contribution in [0.3, 0.4) is 0 Å². The second-order valence-corrected chi connectivity index (χ2v) is 13.5.